The van der Waals surface area contributed by atoms with Crippen LogP contribution in [-0.4, -0.2) is 15.2 Å². The van der Waals surface area contributed by atoms with E-state index in [0.29, 0.717) is 11.3 Å². The molecule has 11 heteroatoms. The lowest BCUT2D eigenvalue weighted by Gasteiger charge is -2.16. The Kier molecular flexibility index (Phi) is 5.61. The number of rotatable bonds is 4. The number of carbonyl (C=O) groups excluding carboxylic acids is 1. The summed E-state index contributed by atoms with van der Waals surface area (Å²) in [6, 6.07) is 13.4. The average Bonchev–Trinajstić information content (AvgIpc) is 3.32. The lowest BCUT2D eigenvalue weighted by Crippen LogP contribution is -2.27. The summed E-state index contributed by atoms with van der Waals surface area (Å²) in [4.78, 5) is 24.5. The Balaban J connectivity index is 1.61. The number of hydrogen-bond acceptors (Lipinski definition) is 6. The third-order valence-electron chi connectivity index (χ3n) is 4.47. The molecule has 1 saturated heterocycles. The first kappa shape index (κ1) is 21.8. The normalized spacial score (nSPS) is 15.6. The van der Waals surface area contributed by atoms with Crippen molar-refractivity contribution in [1.29, 1.82) is 0 Å². The van der Waals surface area contributed by atoms with Gasteiger partial charge in [-0.05, 0) is 30.3 Å². The van der Waals surface area contributed by atoms with Crippen molar-refractivity contribution in [3.8, 4) is 11.3 Å². The van der Waals surface area contributed by atoms with Crippen molar-refractivity contribution in [2.24, 2.45) is 0 Å². The molecular weight excluding hydrogens is 465 g/mol. The highest BCUT2D eigenvalue weighted by molar-refractivity contribution is 8.27. The third-order valence-corrected chi connectivity index (χ3v) is 5.77. The van der Waals surface area contributed by atoms with Gasteiger partial charge in [0, 0.05) is 23.8 Å². The Morgan fingerprint density at radius 2 is 1.84 bits per heavy atom. The van der Waals surface area contributed by atoms with Crippen LogP contribution in [0.2, 0.25) is 0 Å². The first-order valence-electron chi connectivity index (χ1n) is 8.93. The van der Waals surface area contributed by atoms with E-state index in [1.807, 2.05) is 0 Å². The summed E-state index contributed by atoms with van der Waals surface area (Å²) in [6.45, 7) is 0. The van der Waals surface area contributed by atoms with Crippen LogP contribution in [-0.2, 0) is 11.0 Å². The fourth-order valence-electron chi connectivity index (χ4n) is 3.00. The van der Waals surface area contributed by atoms with Gasteiger partial charge in [0.25, 0.3) is 11.6 Å². The van der Waals surface area contributed by atoms with Crippen molar-refractivity contribution in [3.63, 3.8) is 0 Å². The summed E-state index contributed by atoms with van der Waals surface area (Å²) >= 11 is 6.14. The molecule has 0 bridgehead atoms. The number of non-ortho nitro benzene ring substituents is 1. The van der Waals surface area contributed by atoms with Crippen molar-refractivity contribution in [1.82, 2.24) is 0 Å². The van der Waals surface area contributed by atoms with Gasteiger partial charge in [0.05, 0.1) is 21.1 Å². The van der Waals surface area contributed by atoms with Gasteiger partial charge in [-0.3, -0.25) is 19.8 Å². The number of hydrogen-bond donors (Lipinski definition) is 0. The molecule has 3 aromatic rings. The van der Waals surface area contributed by atoms with Crippen molar-refractivity contribution in [2.75, 3.05) is 4.90 Å². The van der Waals surface area contributed by atoms with Crippen LogP contribution in [0.15, 0.2) is 70.0 Å². The summed E-state index contributed by atoms with van der Waals surface area (Å²) in [5.74, 6) is 0.0666. The predicted molar refractivity (Wildman–Crippen MR) is 118 cm³/mol. The van der Waals surface area contributed by atoms with Gasteiger partial charge in [0.1, 0.15) is 11.5 Å². The minimum atomic E-state index is -4.55. The quantitative estimate of drug-likeness (QED) is 0.191. The van der Waals surface area contributed by atoms with Crippen LogP contribution in [0, 0.1) is 10.1 Å². The molecule has 32 heavy (non-hydrogen) atoms. The number of amides is 1. The number of thioether (sulfide) groups is 1. The molecule has 1 aliphatic rings. The molecule has 0 atom stereocenters. The van der Waals surface area contributed by atoms with E-state index in [1.165, 1.54) is 36.4 Å². The van der Waals surface area contributed by atoms with Crippen molar-refractivity contribution < 1.29 is 27.3 Å². The number of nitro groups is 1. The molecule has 0 aliphatic carbocycles. The highest BCUT2D eigenvalue weighted by Crippen LogP contribution is 2.39. The Bertz CT molecular complexity index is 1280. The van der Waals surface area contributed by atoms with Gasteiger partial charge in [-0.1, -0.05) is 42.2 Å². The third kappa shape index (κ3) is 4.30. The van der Waals surface area contributed by atoms with Crippen LogP contribution in [0.4, 0.5) is 24.5 Å². The first-order chi connectivity index (χ1) is 15.1. The van der Waals surface area contributed by atoms with Crippen LogP contribution in [0.1, 0.15) is 11.3 Å². The van der Waals surface area contributed by atoms with Gasteiger partial charge in [-0.2, -0.15) is 13.2 Å². The molecule has 1 aliphatic heterocycles. The van der Waals surface area contributed by atoms with Crippen molar-refractivity contribution in [3.05, 3.63) is 87.0 Å². The number of carbonyl (C=O) groups is 1. The van der Waals surface area contributed by atoms with Crippen LogP contribution in [0.5, 0.6) is 0 Å². The summed E-state index contributed by atoms with van der Waals surface area (Å²) < 4.78 is 44.8. The number of thiocarbonyl (C=S) groups is 1. The summed E-state index contributed by atoms with van der Waals surface area (Å²) in [7, 11) is 0. The smallest absolute Gasteiger partial charge is 0.416 e. The minimum absolute atomic E-state index is 0.0162. The lowest BCUT2D eigenvalue weighted by atomic mass is 10.1. The molecule has 162 valence electrons. The zero-order valence-electron chi connectivity index (χ0n) is 15.8. The van der Waals surface area contributed by atoms with Crippen LogP contribution < -0.4 is 4.90 Å². The van der Waals surface area contributed by atoms with Crippen LogP contribution >= 0.6 is 24.0 Å². The van der Waals surface area contributed by atoms with E-state index < -0.39 is 22.6 Å². The monoisotopic (exact) mass is 476 g/mol. The summed E-state index contributed by atoms with van der Waals surface area (Å²) in [5, 5.41) is 11.0. The van der Waals surface area contributed by atoms with Crippen molar-refractivity contribution in [2.45, 2.75) is 6.18 Å². The fraction of sp³-hybridized carbons (Fsp3) is 0.0476. The van der Waals surface area contributed by atoms with Gasteiger partial charge >= 0.3 is 6.18 Å². The summed E-state index contributed by atoms with van der Waals surface area (Å²) in [6.07, 6.45) is -3.13. The Hall–Kier alpha value is -3.44. The number of alkyl halides is 3. The second-order valence-corrected chi connectivity index (χ2v) is 8.25. The number of anilines is 1. The second-order valence-electron chi connectivity index (χ2n) is 6.57. The second kappa shape index (κ2) is 8.24. The van der Waals surface area contributed by atoms with Crippen LogP contribution in [0.3, 0.4) is 0 Å². The zero-order chi connectivity index (χ0) is 23.0. The van der Waals surface area contributed by atoms with Gasteiger partial charge < -0.3 is 4.42 Å². The largest absolute Gasteiger partial charge is 0.457 e. The Morgan fingerprint density at radius 3 is 2.56 bits per heavy atom. The topological polar surface area (TPSA) is 76.6 Å². The average molecular weight is 476 g/mol. The van der Waals surface area contributed by atoms with E-state index in [1.54, 1.807) is 18.2 Å². The standard InChI is InChI=1S/C21H11F3N2O4S2/c22-21(23,24)13-4-2-5-14(10-13)25-19(27)18(32-20(25)31)11-16-7-8-17(30-16)12-3-1-6-15(9-12)26(28)29/h1-11H/b18-11-. The van der Waals surface area contributed by atoms with Gasteiger partial charge in [0.15, 0.2) is 4.32 Å². The molecule has 1 fully saturated rings. The number of nitro benzene ring substituents is 1. The maximum absolute atomic E-state index is 13.0. The Morgan fingerprint density at radius 1 is 1.09 bits per heavy atom. The number of benzene rings is 2. The molecule has 0 radical (unpaired) electrons. The molecule has 2 aromatic carbocycles. The maximum atomic E-state index is 13.0. The molecule has 1 amide bonds. The van der Waals surface area contributed by atoms with E-state index in [2.05, 4.69) is 0 Å². The molecule has 1 aromatic heterocycles. The van der Waals surface area contributed by atoms with E-state index in [4.69, 9.17) is 16.6 Å². The molecule has 0 spiro atoms. The Labute approximate surface area is 188 Å². The van der Waals surface area contributed by atoms with E-state index in [0.717, 1.165) is 28.8 Å². The number of furan rings is 1. The molecular formula is C21H11F3N2O4S2. The van der Waals surface area contributed by atoms with Crippen LogP contribution in [0.25, 0.3) is 17.4 Å². The minimum Gasteiger partial charge on any atom is -0.457 e. The lowest BCUT2D eigenvalue weighted by molar-refractivity contribution is -0.384. The van der Waals surface area contributed by atoms with Gasteiger partial charge in [0.2, 0.25) is 0 Å². The molecule has 2 heterocycles. The highest BCUT2D eigenvalue weighted by atomic mass is 32.2. The highest BCUT2D eigenvalue weighted by Gasteiger charge is 2.36. The predicted octanol–water partition coefficient (Wildman–Crippen LogP) is 6.28. The fourth-order valence-corrected chi connectivity index (χ4v) is 4.28. The van der Waals surface area contributed by atoms with E-state index >= 15 is 0 Å². The SMILES string of the molecule is O=C1/C(=C/c2ccc(-c3cccc([N+](=O)[O-])c3)o2)SC(=S)N1c1cccc(C(F)(F)F)c1. The maximum Gasteiger partial charge on any atom is 0.416 e. The molecule has 0 N–H and O–H groups in total. The van der Waals surface area contributed by atoms with Gasteiger partial charge in [-0.15, -0.1) is 0 Å². The van der Waals surface area contributed by atoms with Crippen molar-refractivity contribution >= 4 is 51.7 Å². The van der Waals surface area contributed by atoms with Gasteiger partial charge in [-0.25, -0.2) is 0 Å². The first-order valence-corrected chi connectivity index (χ1v) is 10.2. The summed E-state index contributed by atoms with van der Waals surface area (Å²) in [5.41, 5.74) is -0.485. The molecule has 0 saturated carbocycles. The molecule has 6 nitrogen and oxygen atoms in total. The van der Waals surface area contributed by atoms with E-state index in [-0.39, 0.29) is 26.4 Å². The molecule has 4 rings (SSSR count). The number of halogens is 3. The number of nitrogens with zero attached hydrogens (tertiary/aromatic N) is 2. The zero-order valence-corrected chi connectivity index (χ0v) is 17.5. The van der Waals surface area contributed by atoms with E-state index in [9.17, 15) is 28.1 Å². The molecule has 0 unspecified atom stereocenters.